The van der Waals surface area contributed by atoms with Crippen LogP contribution >= 0.6 is 0 Å². The number of rotatable bonds is 8. The molecule has 1 unspecified atom stereocenters. The van der Waals surface area contributed by atoms with Gasteiger partial charge in [0.25, 0.3) is 0 Å². The van der Waals surface area contributed by atoms with Gasteiger partial charge in [-0.1, -0.05) is 12.8 Å². The normalized spacial score (nSPS) is 18.7. The number of carbonyl (C=O) groups is 2. The van der Waals surface area contributed by atoms with Gasteiger partial charge in [0.1, 0.15) is 5.41 Å². The van der Waals surface area contributed by atoms with E-state index in [-0.39, 0.29) is 11.9 Å². The molecule has 1 rings (SSSR count). The van der Waals surface area contributed by atoms with E-state index in [9.17, 15) is 14.7 Å². The molecule has 0 aromatic carbocycles. The van der Waals surface area contributed by atoms with Crippen molar-refractivity contribution in [3.05, 3.63) is 0 Å². The molecule has 0 bridgehead atoms. The van der Waals surface area contributed by atoms with Gasteiger partial charge in [-0.25, -0.2) is 0 Å². The third kappa shape index (κ3) is 4.20. The lowest BCUT2D eigenvalue weighted by Gasteiger charge is -2.36. The Morgan fingerprint density at radius 1 is 1.32 bits per heavy atom. The van der Waals surface area contributed by atoms with E-state index in [1.54, 1.807) is 0 Å². The lowest BCUT2D eigenvalue weighted by atomic mass is 9.68. The summed E-state index contributed by atoms with van der Waals surface area (Å²) in [6.45, 7) is 2.99. The number of nitrogens with zero attached hydrogens (tertiary/aromatic N) is 1. The Morgan fingerprint density at radius 2 is 1.95 bits per heavy atom. The zero-order valence-electron chi connectivity index (χ0n) is 12.2. The molecular formula is C14H26N2O3. The van der Waals surface area contributed by atoms with Gasteiger partial charge in [0.2, 0.25) is 5.91 Å². The number of nitrogens with one attached hydrogen (secondary N) is 1. The molecule has 110 valence electrons. The van der Waals surface area contributed by atoms with Crippen molar-refractivity contribution < 1.29 is 14.7 Å². The van der Waals surface area contributed by atoms with Crippen LogP contribution in [-0.2, 0) is 9.59 Å². The zero-order chi connectivity index (χ0) is 14.5. The first-order valence-corrected chi connectivity index (χ1v) is 7.07. The van der Waals surface area contributed by atoms with Crippen LogP contribution in [0.4, 0.5) is 0 Å². The molecule has 5 heteroatoms. The van der Waals surface area contributed by atoms with Gasteiger partial charge in [-0.2, -0.15) is 0 Å². The highest BCUT2D eigenvalue weighted by Gasteiger charge is 2.51. The van der Waals surface area contributed by atoms with Gasteiger partial charge in [-0.05, 0) is 53.2 Å². The van der Waals surface area contributed by atoms with Crippen molar-refractivity contribution >= 4 is 11.9 Å². The fourth-order valence-corrected chi connectivity index (χ4v) is 2.38. The van der Waals surface area contributed by atoms with Gasteiger partial charge < -0.3 is 15.3 Å². The van der Waals surface area contributed by atoms with Crippen molar-refractivity contribution in [2.75, 3.05) is 20.6 Å². The van der Waals surface area contributed by atoms with E-state index in [2.05, 4.69) is 10.2 Å². The van der Waals surface area contributed by atoms with Gasteiger partial charge in [0, 0.05) is 6.04 Å². The Morgan fingerprint density at radius 3 is 2.37 bits per heavy atom. The standard InChI is InChI=1S/C14H26N2O3/c1-11(7-4-5-10-16(2)3)15-12(17)14(13(18)19)8-6-9-14/h11H,4-10H2,1-3H3,(H,15,17)(H,18,19). The fourth-order valence-electron chi connectivity index (χ4n) is 2.38. The van der Waals surface area contributed by atoms with E-state index in [4.69, 9.17) is 0 Å². The van der Waals surface area contributed by atoms with Crippen molar-refractivity contribution in [3.63, 3.8) is 0 Å². The van der Waals surface area contributed by atoms with Crippen LogP contribution in [0.25, 0.3) is 0 Å². The first-order chi connectivity index (χ1) is 8.88. The highest BCUT2D eigenvalue weighted by Crippen LogP contribution is 2.41. The Kier molecular flexibility index (Phi) is 5.79. The van der Waals surface area contributed by atoms with Gasteiger partial charge in [0.15, 0.2) is 0 Å². The molecule has 1 aliphatic rings. The molecular weight excluding hydrogens is 244 g/mol. The summed E-state index contributed by atoms with van der Waals surface area (Å²) < 4.78 is 0. The molecule has 1 amide bonds. The number of hydrogen-bond donors (Lipinski definition) is 2. The summed E-state index contributed by atoms with van der Waals surface area (Å²) in [5, 5.41) is 12.0. The van der Waals surface area contributed by atoms with Crippen molar-refractivity contribution in [2.45, 2.75) is 51.5 Å². The molecule has 0 aromatic heterocycles. The minimum Gasteiger partial charge on any atom is -0.480 e. The molecule has 0 saturated heterocycles. The van der Waals surface area contributed by atoms with E-state index in [0.717, 1.165) is 32.2 Å². The summed E-state index contributed by atoms with van der Waals surface area (Å²) in [7, 11) is 4.08. The van der Waals surface area contributed by atoms with Gasteiger partial charge in [-0.3, -0.25) is 9.59 Å². The smallest absolute Gasteiger partial charge is 0.319 e. The third-order valence-electron chi connectivity index (χ3n) is 3.92. The lowest BCUT2D eigenvalue weighted by Crippen LogP contribution is -2.53. The molecule has 0 heterocycles. The first kappa shape index (κ1) is 16.0. The lowest BCUT2D eigenvalue weighted by molar-refractivity contribution is -0.162. The summed E-state index contributed by atoms with van der Waals surface area (Å²) in [5.41, 5.74) is -1.14. The fraction of sp³-hybridized carbons (Fsp3) is 0.857. The Labute approximate surface area is 115 Å². The molecule has 2 N–H and O–H groups in total. The number of carbonyl (C=O) groups excluding carboxylic acids is 1. The van der Waals surface area contributed by atoms with Crippen molar-refractivity contribution in [1.82, 2.24) is 10.2 Å². The number of amides is 1. The first-order valence-electron chi connectivity index (χ1n) is 7.07. The molecule has 1 fully saturated rings. The number of aliphatic carboxylic acids is 1. The molecule has 0 radical (unpaired) electrons. The largest absolute Gasteiger partial charge is 0.480 e. The van der Waals surface area contributed by atoms with E-state index in [1.165, 1.54) is 0 Å². The summed E-state index contributed by atoms with van der Waals surface area (Å²) >= 11 is 0. The summed E-state index contributed by atoms with van der Waals surface area (Å²) in [5.74, 6) is -1.28. The maximum Gasteiger partial charge on any atom is 0.319 e. The second-order valence-corrected chi connectivity index (χ2v) is 5.91. The summed E-state index contributed by atoms with van der Waals surface area (Å²) in [4.78, 5) is 25.4. The van der Waals surface area contributed by atoms with E-state index in [0.29, 0.717) is 12.8 Å². The van der Waals surface area contributed by atoms with Crippen LogP contribution in [0.15, 0.2) is 0 Å². The number of unbranched alkanes of at least 4 members (excludes halogenated alkanes) is 1. The molecule has 5 nitrogen and oxygen atoms in total. The topological polar surface area (TPSA) is 69.6 Å². The van der Waals surface area contributed by atoms with Crippen molar-refractivity contribution in [2.24, 2.45) is 5.41 Å². The molecule has 0 aromatic rings. The molecule has 0 spiro atoms. The second kappa shape index (κ2) is 6.89. The predicted octanol–water partition coefficient (Wildman–Crippen LogP) is 1.48. The minimum absolute atomic E-state index is 0.0477. The van der Waals surface area contributed by atoms with Crippen molar-refractivity contribution in [1.29, 1.82) is 0 Å². The Balaban J connectivity index is 2.30. The SMILES string of the molecule is CC(CCCCN(C)C)NC(=O)C1(C(=O)O)CCC1. The molecule has 1 atom stereocenters. The number of carboxylic acid groups (broad SMARTS) is 1. The average Bonchev–Trinajstić information content (AvgIpc) is 2.21. The van der Waals surface area contributed by atoms with Crippen LogP contribution in [0, 0.1) is 5.41 Å². The summed E-state index contributed by atoms with van der Waals surface area (Å²) in [6.07, 6.45) is 4.81. The van der Waals surface area contributed by atoms with E-state index < -0.39 is 11.4 Å². The van der Waals surface area contributed by atoms with E-state index >= 15 is 0 Å². The quantitative estimate of drug-likeness (QED) is 0.518. The van der Waals surface area contributed by atoms with Crippen LogP contribution in [0.5, 0.6) is 0 Å². The zero-order valence-corrected chi connectivity index (χ0v) is 12.2. The molecule has 0 aliphatic heterocycles. The maximum absolute atomic E-state index is 12.0. The Bertz CT molecular complexity index is 325. The van der Waals surface area contributed by atoms with Gasteiger partial charge in [-0.15, -0.1) is 0 Å². The highest BCUT2D eigenvalue weighted by molar-refractivity contribution is 6.02. The van der Waals surface area contributed by atoms with Crippen LogP contribution in [-0.4, -0.2) is 48.6 Å². The monoisotopic (exact) mass is 270 g/mol. The van der Waals surface area contributed by atoms with Crippen LogP contribution < -0.4 is 5.32 Å². The maximum atomic E-state index is 12.0. The van der Waals surface area contributed by atoms with Crippen LogP contribution in [0.2, 0.25) is 0 Å². The summed E-state index contributed by atoms with van der Waals surface area (Å²) in [6, 6.07) is 0.0477. The Hall–Kier alpha value is -1.10. The molecule has 19 heavy (non-hydrogen) atoms. The van der Waals surface area contributed by atoms with Crippen molar-refractivity contribution in [3.8, 4) is 0 Å². The van der Waals surface area contributed by atoms with Gasteiger partial charge in [0.05, 0.1) is 0 Å². The predicted molar refractivity (Wildman–Crippen MR) is 73.9 cm³/mol. The second-order valence-electron chi connectivity index (χ2n) is 5.91. The average molecular weight is 270 g/mol. The van der Waals surface area contributed by atoms with Gasteiger partial charge >= 0.3 is 5.97 Å². The number of hydrogen-bond acceptors (Lipinski definition) is 3. The molecule has 1 saturated carbocycles. The number of carboxylic acids is 1. The van der Waals surface area contributed by atoms with Crippen LogP contribution in [0.1, 0.15) is 45.4 Å². The highest BCUT2D eigenvalue weighted by atomic mass is 16.4. The third-order valence-corrected chi connectivity index (χ3v) is 3.92. The molecule has 1 aliphatic carbocycles. The van der Waals surface area contributed by atoms with E-state index in [1.807, 2.05) is 21.0 Å². The minimum atomic E-state index is -1.14. The van der Waals surface area contributed by atoms with Crippen LogP contribution in [0.3, 0.4) is 0 Å².